The lowest BCUT2D eigenvalue weighted by atomic mass is 10.1. The van der Waals surface area contributed by atoms with Gasteiger partial charge < -0.3 is 15.2 Å². The van der Waals surface area contributed by atoms with E-state index in [-0.39, 0.29) is 23.7 Å². The summed E-state index contributed by atoms with van der Waals surface area (Å²) in [5, 5.41) is 2.58. The Morgan fingerprint density at radius 1 is 1.14 bits per heavy atom. The number of alkyl halides is 3. The summed E-state index contributed by atoms with van der Waals surface area (Å²) < 4.78 is 40.6. The molecule has 1 amide bonds. The lowest BCUT2D eigenvalue weighted by molar-refractivity contribution is -0.137. The van der Waals surface area contributed by atoms with Crippen molar-refractivity contribution in [2.45, 2.75) is 25.4 Å². The minimum absolute atomic E-state index is 0.0597. The van der Waals surface area contributed by atoms with Crippen molar-refractivity contribution >= 4 is 28.3 Å². The summed E-state index contributed by atoms with van der Waals surface area (Å²) in [6.45, 7) is 1.23. The zero-order valence-corrected chi connectivity index (χ0v) is 15.0. The number of aromatic nitrogens is 2. The third kappa shape index (κ3) is 3.81. The van der Waals surface area contributed by atoms with Crippen LogP contribution in [0.25, 0.3) is 11.0 Å². The molecule has 1 aromatic heterocycles. The molecule has 2 aromatic carbocycles. The van der Waals surface area contributed by atoms with Gasteiger partial charge in [-0.15, -0.1) is 0 Å². The molecule has 146 valence electrons. The molecule has 0 aliphatic carbocycles. The van der Waals surface area contributed by atoms with Crippen molar-refractivity contribution in [1.29, 1.82) is 0 Å². The standard InChI is InChI=1S/C20H19F3N4O/c21-20(22,23)15-11-14(4-6-18(15)27-7-1-2-8-27)26-19(28)10-13-3-5-16-17(9-13)25-12-24-16/h3-6,9,11-12H,1-2,7-8,10H2,(H,24,25)(H,26,28). The number of amides is 1. The van der Waals surface area contributed by atoms with Gasteiger partial charge in [-0.25, -0.2) is 4.98 Å². The highest BCUT2D eigenvalue weighted by atomic mass is 19.4. The van der Waals surface area contributed by atoms with Crippen LogP contribution < -0.4 is 10.2 Å². The molecule has 0 spiro atoms. The predicted octanol–water partition coefficient (Wildman–Crippen LogP) is 4.36. The second-order valence-electron chi connectivity index (χ2n) is 6.90. The van der Waals surface area contributed by atoms with Crippen LogP contribution in [0.1, 0.15) is 24.0 Å². The first-order valence-electron chi connectivity index (χ1n) is 9.08. The van der Waals surface area contributed by atoms with Gasteiger partial charge in [-0.1, -0.05) is 6.07 Å². The van der Waals surface area contributed by atoms with Crippen LogP contribution in [0, 0.1) is 0 Å². The summed E-state index contributed by atoms with van der Waals surface area (Å²) in [4.78, 5) is 21.2. The maximum Gasteiger partial charge on any atom is 0.418 e. The number of benzene rings is 2. The van der Waals surface area contributed by atoms with Gasteiger partial charge in [-0.3, -0.25) is 4.79 Å². The van der Waals surface area contributed by atoms with Crippen LogP contribution in [0.4, 0.5) is 24.5 Å². The van der Waals surface area contributed by atoms with Crippen LogP contribution in [-0.4, -0.2) is 29.0 Å². The number of rotatable bonds is 4. The Morgan fingerprint density at radius 3 is 2.68 bits per heavy atom. The third-order valence-corrected chi connectivity index (χ3v) is 4.88. The first-order valence-corrected chi connectivity index (χ1v) is 9.08. The minimum Gasteiger partial charge on any atom is -0.371 e. The quantitative estimate of drug-likeness (QED) is 0.698. The highest BCUT2D eigenvalue weighted by molar-refractivity contribution is 5.93. The van der Waals surface area contributed by atoms with Crippen molar-refractivity contribution in [1.82, 2.24) is 9.97 Å². The number of anilines is 2. The van der Waals surface area contributed by atoms with E-state index in [1.165, 1.54) is 12.1 Å². The fourth-order valence-corrected chi connectivity index (χ4v) is 3.56. The van der Waals surface area contributed by atoms with Crippen LogP contribution in [-0.2, 0) is 17.4 Å². The molecule has 1 fully saturated rings. The molecule has 1 saturated heterocycles. The van der Waals surface area contributed by atoms with Gasteiger partial charge in [0.1, 0.15) is 0 Å². The number of aromatic amines is 1. The van der Waals surface area contributed by atoms with E-state index < -0.39 is 11.7 Å². The van der Waals surface area contributed by atoms with Crippen LogP contribution in [0.15, 0.2) is 42.7 Å². The molecule has 5 nitrogen and oxygen atoms in total. The van der Waals surface area contributed by atoms with Gasteiger partial charge in [0.05, 0.1) is 29.3 Å². The Balaban J connectivity index is 1.52. The second-order valence-corrected chi connectivity index (χ2v) is 6.90. The molecule has 0 radical (unpaired) electrons. The largest absolute Gasteiger partial charge is 0.418 e. The summed E-state index contributed by atoms with van der Waals surface area (Å²) in [7, 11) is 0. The van der Waals surface area contributed by atoms with E-state index in [9.17, 15) is 18.0 Å². The number of carbonyl (C=O) groups excluding carboxylic acids is 1. The van der Waals surface area contributed by atoms with Gasteiger partial charge in [0.15, 0.2) is 0 Å². The number of imidazole rings is 1. The molecule has 2 N–H and O–H groups in total. The Bertz CT molecular complexity index is 1010. The second kappa shape index (κ2) is 7.18. The molecular formula is C20H19F3N4O. The topological polar surface area (TPSA) is 61.0 Å². The fourth-order valence-electron chi connectivity index (χ4n) is 3.56. The zero-order chi connectivity index (χ0) is 19.7. The van der Waals surface area contributed by atoms with E-state index in [2.05, 4.69) is 15.3 Å². The van der Waals surface area contributed by atoms with E-state index in [1.807, 2.05) is 0 Å². The highest BCUT2D eigenvalue weighted by Crippen LogP contribution is 2.39. The predicted molar refractivity (Wildman–Crippen MR) is 101 cm³/mol. The Kier molecular flexibility index (Phi) is 4.70. The maximum absolute atomic E-state index is 13.5. The molecule has 4 rings (SSSR count). The summed E-state index contributed by atoms with van der Waals surface area (Å²) in [5.74, 6) is -0.374. The van der Waals surface area contributed by atoms with Gasteiger partial charge in [0, 0.05) is 24.5 Å². The minimum atomic E-state index is -4.48. The number of hydrogen-bond donors (Lipinski definition) is 2. The first kappa shape index (κ1) is 18.3. The summed E-state index contributed by atoms with van der Waals surface area (Å²) in [6.07, 6.45) is -1.09. The maximum atomic E-state index is 13.5. The van der Waals surface area contributed by atoms with Crippen LogP contribution in [0.2, 0.25) is 0 Å². The van der Waals surface area contributed by atoms with E-state index >= 15 is 0 Å². The van der Waals surface area contributed by atoms with E-state index in [1.54, 1.807) is 29.4 Å². The molecule has 2 heterocycles. The SMILES string of the molecule is O=C(Cc1ccc2nc[nH]c2c1)Nc1ccc(N2CCCC2)c(C(F)(F)F)c1. The van der Waals surface area contributed by atoms with Crippen molar-refractivity contribution in [3.8, 4) is 0 Å². The smallest absolute Gasteiger partial charge is 0.371 e. The lowest BCUT2D eigenvalue weighted by Gasteiger charge is -2.23. The van der Waals surface area contributed by atoms with Crippen LogP contribution in [0.3, 0.4) is 0 Å². The summed E-state index contributed by atoms with van der Waals surface area (Å²) in [5.41, 5.74) is 1.94. The zero-order valence-electron chi connectivity index (χ0n) is 15.0. The van der Waals surface area contributed by atoms with Crippen LogP contribution >= 0.6 is 0 Å². The number of fused-ring (bicyclic) bond motifs is 1. The molecule has 1 aliphatic rings. The lowest BCUT2D eigenvalue weighted by Crippen LogP contribution is -2.22. The number of hydrogen-bond acceptors (Lipinski definition) is 3. The average molecular weight is 388 g/mol. The molecule has 8 heteroatoms. The number of nitrogens with zero attached hydrogens (tertiary/aromatic N) is 2. The molecule has 0 atom stereocenters. The molecule has 1 aliphatic heterocycles. The summed E-state index contributed by atoms with van der Waals surface area (Å²) in [6, 6.07) is 9.36. The number of halogens is 3. The van der Waals surface area contributed by atoms with Crippen LogP contribution in [0.5, 0.6) is 0 Å². The number of carbonyl (C=O) groups is 1. The molecule has 0 saturated carbocycles. The van der Waals surface area contributed by atoms with Crippen molar-refractivity contribution in [2.75, 3.05) is 23.3 Å². The normalized spacial score (nSPS) is 14.6. The van der Waals surface area contributed by atoms with Gasteiger partial charge in [0.25, 0.3) is 0 Å². The Labute approximate surface area is 159 Å². The third-order valence-electron chi connectivity index (χ3n) is 4.88. The monoisotopic (exact) mass is 388 g/mol. The van der Waals surface area contributed by atoms with Gasteiger partial charge in [-0.05, 0) is 48.7 Å². The van der Waals surface area contributed by atoms with Gasteiger partial charge in [-0.2, -0.15) is 13.2 Å². The fraction of sp³-hybridized carbons (Fsp3) is 0.300. The first-order chi connectivity index (χ1) is 13.4. The van der Waals surface area contributed by atoms with E-state index in [0.717, 1.165) is 35.5 Å². The molecular weight excluding hydrogens is 369 g/mol. The Hall–Kier alpha value is -3.03. The number of H-pyrrole nitrogens is 1. The van der Waals surface area contributed by atoms with E-state index in [0.29, 0.717) is 13.1 Å². The van der Waals surface area contributed by atoms with E-state index in [4.69, 9.17) is 0 Å². The van der Waals surface area contributed by atoms with Crippen molar-refractivity contribution in [2.24, 2.45) is 0 Å². The number of nitrogens with one attached hydrogen (secondary N) is 2. The molecule has 28 heavy (non-hydrogen) atoms. The highest BCUT2D eigenvalue weighted by Gasteiger charge is 2.35. The summed E-state index contributed by atoms with van der Waals surface area (Å²) >= 11 is 0. The Morgan fingerprint density at radius 2 is 1.93 bits per heavy atom. The molecule has 3 aromatic rings. The average Bonchev–Trinajstić information content (AvgIpc) is 3.32. The van der Waals surface area contributed by atoms with Gasteiger partial charge in [0.2, 0.25) is 5.91 Å². The van der Waals surface area contributed by atoms with Crippen molar-refractivity contribution in [3.63, 3.8) is 0 Å². The molecule has 0 unspecified atom stereocenters. The van der Waals surface area contributed by atoms with Crippen molar-refractivity contribution in [3.05, 3.63) is 53.9 Å². The molecule has 0 bridgehead atoms. The van der Waals surface area contributed by atoms with Crippen molar-refractivity contribution < 1.29 is 18.0 Å². The van der Waals surface area contributed by atoms with Gasteiger partial charge >= 0.3 is 6.18 Å².